The van der Waals surface area contributed by atoms with Crippen LogP contribution in [0.1, 0.15) is 11.1 Å². The summed E-state index contributed by atoms with van der Waals surface area (Å²) < 4.78 is 2.12. The first-order chi connectivity index (χ1) is 8.88. The molecule has 3 aromatic heterocycles. The lowest BCUT2D eigenvalue weighted by molar-refractivity contribution is 0.814. The largest absolute Gasteiger partial charge is 0.328 e. The second-order valence-electron chi connectivity index (χ2n) is 4.22. The lowest BCUT2D eigenvalue weighted by atomic mass is 10.2. The molecule has 18 heavy (non-hydrogen) atoms. The Labute approximate surface area is 105 Å². The fourth-order valence-corrected chi connectivity index (χ4v) is 2.17. The maximum absolute atomic E-state index is 5.77. The Bertz CT molecular complexity index is 658. The van der Waals surface area contributed by atoms with E-state index in [4.69, 9.17) is 5.73 Å². The van der Waals surface area contributed by atoms with Gasteiger partial charge in [-0.15, -0.1) is 0 Å². The number of nitrogens with two attached hydrogens (primary N) is 1. The molecule has 0 unspecified atom stereocenters. The first kappa shape index (κ1) is 10.9. The number of aromatic nitrogens is 3. The normalized spacial score (nSPS) is 10.9. The van der Waals surface area contributed by atoms with E-state index in [0.717, 1.165) is 28.7 Å². The lowest BCUT2D eigenvalue weighted by Gasteiger charge is -2.03. The van der Waals surface area contributed by atoms with Gasteiger partial charge in [-0.25, -0.2) is 4.98 Å². The van der Waals surface area contributed by atoms with Crippen molar-refractivity contribution >= 4 is 11.0 Å². The number of pyridine rings is 2. The van der Waals surface area contributed by atoms with E-state index in [9.17, 15) is 0 Å². The Morgan fingerprint density at radius 2 is 2.06 bits per heavy atom. The van der Waals surface area contributed by atoms with Gasteiger partial charge in [-0.05, 0) is 29.3 Å². The standard InChI is InChI=1S/C14H14N4/c15-7-12-10-18(9-11-3-1-5-16-8-11)14-13(12)4-2-6-17-14/h1-6,8,10H,7,9,15H2. The fourth-order valence-electron chi connectivity index (χ4n) is 2.17. The molecule has 0 bridgehead atoms. The van der Waals surface area contributed by atoms with Crippen molar-refractivity contribution < 1.29 is 0 Å². The molecule has 0 fully saturated rings. The maximum atomic E-state index is 5.77. The molecule has 0 spiro atoms. The number of hydrogen-bond donors (Lipinski definition) is 1. The molecule has 0 aliphatic carbocycles. The van der Waals surface area contributed by atoms with Gasteiger partial charge in [0.2, 0.25) is 0 Å². The second kappa shape index (κ2) is 4.58. The van der Waals surface area contributed by atoms with Crippen LogP contribution in [-0.2, 0) is 13.1 Å². The minimum absolute atomic E-state index is 0.530. The van der Waals surface area contributed by atoms with Crippen molar-refractivity contribution in [2.24, 2.45) is 5.73 Å². The highest BCUT2D eigenvalue weighted by Crippen LogP contribution is 2.19. The highest BCUT2D eigenvalue weighted by Gasteiger charge is 2.08. The number of fused-ring (bicyclic) bond motifs is 1. The van der Waals surface area contributed by atoms with Gasteiger partial charge in [0.25, 0.3) is 0 Å². The van der Waals surface area contributed by atoms with Gasteiger partial charge in [-0.1, -0.05) is 6.07 Å². The molecular formula is C14H14N4. The van der Waals surface area contributed by atoms with E-state index in [1.54, 1.807) is 6.20 Å². The summed E-state index contributed by atoms with van der Waals surface area (Å²) in [5.41, 5.74) is 9.03. The maximum Gasteiger partial charge on any atom is 0.140 e. The van der Waals surface area contributed by atoms with Crippen LogP contribution in [0.15, 0.2) is 49.1 Å². The summed E-state index contributed by atoms with van der Waals surface area (Å²) in [5.74, 6) is 0. The van der Waals surface area contributed by atoms with Crippen LogP contribution in [0.3, 0.4) is 0 Å². The Balaban J connectivity index is 2.07. The summed E-state index contributed by atoms with van der Waals surface area (Å²) in [6.07, 6.45) is 7.53. The van der Waals surface area contributed by atoms with Crippen molar-refractivity contribution in [3.63, 3.8) is 0 Å². The number of rotatable bonds is 3. The molecule has 0 saturated heterocycles. The van der Waals surface area contributed by atoms with Gasteiger partial charge in [0.05, 0.1) is 6.54 Å². The number of nitrogens with zero attached hydrogens (tertiary/aromatic N) is 3. The van der Waals surface area contributed by atoms with Crippen molar-refractivity contribution in [2.45, 2.75) is 13.1 Å². The van der Waals surface area contributed by atoms with Crippen LogP contribution in [0.5, 0.6) is 0 Å². The molecular weight excluding hydrogens is 224 g/mol. The second-order valence-corrected chi connectivity index (χ2v) is 4.22. The van der Waals surface area contributed by atoms with Crippen molar-refractivity contribution in [1.29, 1.82) is 0 Å². The van der Waals surface area contributed by atoms with Gasteiger partial charge in [0.15, 0.2) is 0 Å². The first-order valence-electron chi connectivity index (χ1n) is 5.90. The summed E-state index contributed by atoms with van der Waals surface area (Å²) in [6, 6.07) is 8.00. The van der Waals surface area contributed by atoms with Crippen LogP contribution in [0, 0.1) is 0 Å². The van der Waals surface area contributed by atoms with Crippen molar-refractivity contribution in [1.82, 2.24) is 14.5 Å². The zero-order valence-corrected chi connectivity index (χ0v) is 9.95. The quantitative estimate of drug-likeness (QED) is 0.758. The minimum Gasteiger partial charge on any atom is -0.328 e. The third-order valence-corrected chi connectivity index (χ3v) is 3.01. The van der Waals surface area contributed by atoms with Gasteiger partial charge in [0, 0.05) is 36.7 Å². The predicted molar refractivity (Wildman–Crippen MR) is 71.0 cm³/mol. The highest BCUT2D eigenvalue weighted by atomic mass is 15.0. The Morgan fingerprint density at radius 1 is 1.17 bits per heavy atom. The summed E-state index contributed by atoms with van der Waals surface area (Å²) in [7, 11) is 0. The SMILES string of the molecule is NCc1cn(Cc2cccnc2)c2ncccc12. The fraction of sp³-hybridized carbons (Fsp3) is 0.143. The van der Waals surface area contributed by atoms with Gasteiger partial charge < -0.3 is 10.3 Å². The molecule has 2 N–H and O–H groups in total. The van der Waals surface area contributed by atoms with Crippen LogP contribution >= 0.6 is 0 Å². The summed E-state index contributed by atoms with van der Waals surface area (Å²) in [6.45, 7) is 1.30. The molecule has 0 atom stereocenters. The average molecular weight is 238 g/mol. The monoisotopic (exact) mass is 238 g/mol. The third-order valence-electron chi connectivity index (χ3n) is 3.01. The van der Waals surface area contributed by atoms with E-state index in [1.807, 2.05) is 24.5 Å². The summed E-state index contributed by atoms with van der Waals surface area (Å²) in [4.78, 5) is 8.56. The van der Waals surface area contributed by atoms with Crippen LogP contribution < -0.4 is 5.73 Å². The van der Waals surface area contributed by atoms with Crippen LogP contribution in [0.25, 0.3) is 11.0 Å². The zero-order valence-electron chi connectivity index (χ0n) is 9.95. The predicted octanol–water partition coefficient (Wildman–Crippen LogP) is 1.94. The molecule has 4 nitrogen and oxygen atoms in total. The van der Waals surface area contributed by atoms with E-state index in [-0.39, 0.29) is 0 Å². The molecule has 0 saturated carbocycles. The van der Waals surface area contributed by atoms with Gasteiger partial charge in [-0.2, -0.15) is 0 Å². The topological polar surface area (TPSA) is 56.7 Å². The molecule has 3 heterocycles. The molecule has 0 radical (unpaired) electrons. The van der Waals surface area contributed by atoms with Crippen LogP contribution in [0.4, 0.5) is 0 Å². The molecule has 3 rings (SSSR count). The Kier molecular flexibility index (Phi) is 2.78. The smallest absolute Gasteiger partial charge is 0.140 e. The average Bonchev–Trinajstić information content (AvgIpc) is 2.78. The number of hydrogen-bond acceptors (Lipinski definition) is 3. The van der Waals surface area contributed by atoms with E-state index in [1.165, 1.54) is 0 Å². The molecule has 0 aromatic carbocycles. The molecule has 0 aliphatic heterocycles. The van der Waals surface area contributed by atoms with Crippen molar-refractivity contribution in [2.75, 3.05) is 0 Å². The van der Waals surface area contributed by atoms with Crippen LogP contribution in [-0.4, -0.2) is 14.5 Å². The van der Waals surface area contributed by atoms with E-state index in [0.29, 0.717) is 6.54 Å². The highest BCUT2D eigenvalue weighted by molar-refractivity contribution is 5.80. The van der Waals surface area contributed by atoms with Gasteiger partial charge in [-0.3, -0.25) is 4.98 Å². The third kappa shape index (κ3) is 1.87. The molecule has 4 heteroatoms. The van der Waals surface area contributed by atoms with Crippen molar-refractivity contribution in [3.05, 3.63) is 60.2 Å². The van der Waals surface area contributed by atoms with Gasteiger partial charge >= 0.3 is 0 Å². The van der Waals surface area contributed by atoms with E-state index in [2.05, 4.69) is 32.9 Å². The summed E-state index contributed by atoms with van der Waals surface area (Å²) in [5, 5.41) is 1.13. The van der Waals surface area contributed by atoms with Crippen LogP contribution in [0.2, 0.25) is 0 Å². The molecule has 3 aromatic rings. The first-order valence-corrected chi connectivity index (χ1v) is 5.90. The van der Waals surface area contributed by atoms with Gasteiger partial charge in [0.1, 0.15) is 5.65 Å². The van der Waals surface area contributed by atoms with Crippen molar-refractivity contribution in [3.8, 4) is 0 Å². The molecule has 0 amide bonds. The minimum atomic E-state index is 0.530. The summed E-state index contributed by atoms with van der Waals surface area (Å²) >= 11 is 0. The van der Waals surface area contributed by atoms with E-state index >= 15 is 0 Å². The molecule has 90 valence electrons. The van der Waals surface area contributed by atoms with E-state index < -0.39 is 0 Å². The molecule has 0 aliphatic rings. The lowest BCUT2D eigenvalue weighted by Crippen LogP contribution is -1.99. The zero-order chi connectivity index (χ0) is 12.4. The Morgan fingerprint density at radius 3 is 2.83 bits per heavy atom. The Hall–Kier alpha value is -2.20.